The molecular weight excluding hydrogens is 550 g/mol. The van der Waals surface area contributed by atoms with Gasteiger partial charge >= 0.3 is 0 Å². The van der Waals surface area contributed by atoms with E-state index in [1.54, 1.807) is 0 Å². The fourth-order valence-electron chi connectivity index (χ4n) is 6.52. The molecule has 45 heavy (non-hydrogen) atoms. The molecule has 4 nitrogen and oxygen atoms in total. The Bertz CT molecular complexity index is 2480. The zero-order valence-corrected chi connectivity index (χ0v) is 24.3. The molecule has 0 N–H and O–H groups in total. The monoisotopic (exact) mass is 577 g/mol. The highest BCUT2D eigenvalue weighted by atomic mass is 16.3. The van der Waals surface area contributed by atoms with Crippen molar-refractivity contribution < 1.29 is 4.42 Å². The number of oxazole rings is 1. The number of hydrogen-bond donors (Lipinski definition) is 0. The molecule has 0 unspecified atom stereocenters. The van der Waals surface area contributed by atoms with E-state index in [4.69, 9.17) is 9.40 Å². The Hall–Kier alpha value is -6.13. The average molecular weight is 578 g/mol. The van der Waals surface area contributed by atoms with Gasteiger partial charge in [0.2, 0.25) is 5.89 Å². The topological polar surface area (TPSA) is 34.2 Å². The van der Waals surface area contributed by atoms with Crippen LogP contribution in [0.3, 0.4) is 0 Å². The van der Waals surface area contributed by atoms with Crippen LogP contribution in [0, 0.1) is 0 Å². The summed E-state index contributed by atoms with van der Waals surface area (Å²) in [6.45, 7) is 0. The summed E-state index contributed by atoms with van der Waals surface area (Å²) >= 11 is 0. The number of hydrogen-bond acceptors (Lipinski definition) is 3. The second-order valence-electron chi connectivity index (χ2n) is 11.3. The van der Waals surface area contributed by atoms with Gasteiger partial charge < -0.3 is 13.9 Å². The van der Waals surface area contributed by atoms with E-state index in [9.17, 15) is 0 Å². The quantitative estimate of drug-likeness (QED) is 0.204. The Balaban J connectivity index is 1.23. The summed E-state index contributed by atoms with van der Waals surface area (Å²) in [7, 11) is 0. The Morgan fingerprint density at radius 1 is 0.489 bits per heavy atom. The van der Waals surface area contributed by atoms with Gasteiger partial charge in [0.25, 0.3) is 0 Å². The largest absolute Gasteiger partial charge is 0.435 e. The van der Waals surface area contributed by atoms with Crippen molar-refractivity contribution in [3.05, 3.63) is 164 Å². The first-order valence-corrected chi connectivity index (χ1v) is 15.1. The molecule has 0 aliphatic carbocycles. The lowest BCUT2D eigenvalue weighted by Crippen LogP contribution is -2.10. The lowest BCUT2D eigenvalue weighted by molar-refractivity contribution is 0.623. The maximum Gasteiger partial charge on any atom is 0.227 e. The van der Waals surface area contributed by atoms with Crippen LogP contribution in [-0.2, 0) is 0 Å². The molecule has 0 fully saturated rings. The number of para-hydroxylation sites is 3. The van der Waals surface area contributed by atoms with Crippen LogP contribution >= 0.6 is 0 Å². The fourth-order valence-corrected chi connectivity index (χ4v) is 6.52. The summed E-state index contributed by atoms with van der Waals surface area (Å²) in [6, 6.07) is 57.4. The number of nitrogens with zero attached hydrogens (tertiary/aromatic N) is 3. The highest BCUT2D eigenvalue weighted by Crippen LogP contribution is 2.41. The molecule has 4 heteroatoms. The molecule has 0 atom stereocenters. The zero-order chi connectivity index (χ0) is 29.7. The maximum atomic E-state index is 6.34. The SMILES string of the molecule is c1ccc(-c2nc3ccc4cc(N(c5ccccc5)c5ccc6c7ccccc7n(-c7ccccc7)c6c5)ccc4c3o2)cc1. The first kappa shape index (κ1) is 25.4. The second-order valence-corrected chi connectivity index (χ2v) is 11.3. The van der Waals surface area contributed by atoms with Crippen molar-refractivity contribution in [2.45, 2.75) is 0 Å². The van der Waals surface area contributed by atoms with Gasteiger partial charge in [0.15, 0.2) is 5.58 Å². The molecule has 0 aliphatic heterocycles. The van der Waals surface area contributed by atoms with E-state index in [1.807, 2.05) is 30.3 Å². The standard InChI is InChI=1S/C41H27N3O/c1-4-12-28(13-5-1)41-42-37-25-20-29-26-32(21-23-34(29)40(37)45-41)43(30-14-6-2-7-15-30)33-22-24-36-35-18-10-11-19-38(35)44(39(36)27-33)31-16-8-3-9-17-31/h1-27H. The van der Waals surface area contributed by atoms with Gasteiger partial charge in [0, 0.05) is 44.5 Å². The molecule has 0 bridgehead atoms. The van der Waals surface area contributed by atoms with Crippen molar-refractivity contribution in [2.24, 2.45) is 0 Å². The molecule has 0 saturated carbocycles. The average Bonchev–Trinajstić information content (AvgIpc) is 3.69. The van der Waals surface area contributed by atoms with E-state index in [-0.39, 0.29) is 0 Å². The van der Waals surface area contributed by atoms with E-state index in [2.05, 4.69) is 143 Å². The van der Waals surface area contributed by atoms with Crippen molar-refractivity contribution >= 4 is 60.7 Å². The number of benzene rings is 7. The molecule has 0 saturated heterocycles. The van der Waals surface area contributed by atoms with Crippen molar-refractivity contribution in [2.75, 3.05) is 4.90 Å². The van der Waals surface area contributed by atoms with Gasteiger partial charge in [-0.1, -0.05) is 84.9 Å². The van der Waals surface area contributed by atoms with Crippen molar-refractivity contribution in [3.63, 3.8) is 0 Å². The molecule has 2 aromatic heterocycles. The molecule has 0 radical (unpaired) electrons. The normalized spacial score (nSPS) is 11.6. The van der Waals surface area contributed by atoms with Crippen LogP contribution in [0.15, 0.2) is 168 Å². The van der Waals surface area contributed by atoms with E-state index in [0.29, 0.717) is 5.89 Å². The highest BCUT2D eigenvalue weighted by Gasteiger charge is 2.18. The predicted octanol–water partition coefficient (Wildman–Crippen LogP) is 11.2. The minimum absolute atomic E-state index is 0.634. The third-order valence-corrected chi connectivity index (χ3v) is 8.58. The minimum atomic E-state index is 0.634. The van der Waals surface area contributed by atoms with Crippen LogP contribution in [0.25, 0.3) is 60.8 Å². The van der Waals surface area contributed by atoms with Crippen LogP contribution in [0.4, 0.5) is 17.1 Å². The zero-order valence-electron chi connectivity index (χ0n) is 24.3. The fraction of sp³-hybridized carbons (Fsp3) is 0. The molecule has 0 aliphatic rings. The molecule has 212 valence electrons. The molecule has 0 amide bonds. The molecular formula is C41H27N3O. The summed E-state index contributed by atoms with van der Waals surface area (Å²) in [5, 5.41) is 4.60. The third-order valence-electron chi connectivity index (χ3n) is 8.58. The van der Waals surface area contributed by atoms with Gasteiger partial charge in [-0.3, -0.25) is 0 Å². The molecule has 9 rings (SSSR count). The van der Waals surface area contributed by atoms with Gasteiger partial charge in [-0.05, 0) is 84.2 Å². The predicted molar refractivity (Wildman–Crippen MR) is 186 cm³/mol. The van der Waals surface area contributed by atoms with Gasteiger partial charge in [-0.15, -0.1) is 0 Å². The molecule has 0 spiro atoms. The highest BCUT2D eigenvalue weighted by molar-refractivity contribution is 6.10. The van der Waals surface area contributed by atoms with Crippen LogP contribution in [0.1, 0.15) is 0 Å². The Labute approximate surface area is 260 Å². The van der Waals surface area contributed by atoms with Gasteiger partial charge in [-0.25, -0.2) is 4.98 Å². The lowest BCUT2D eigenvalue weighted by atomic mass is 10.1. The van der Waals surface area contributed by atoms with Gasteiger partial charge in [0.1, 0.15) is 5.52 Å². The Kier molecular flexibility index (Phi) is 5.78. The lowest BCUT2D eigenvalue weighted by Gasteiger charge is -2.26. The summed E-state index contributed by atoms with van der Waals surface area (Å²) in [6.07, 6.45) is 0. The van der Waals surface area contributed by atoms with E-state index in [1.165, 1.54) is 21.8 Å². The van der Waals surface area contributed by atoms with Crippen LogP contribution < -0.4 is 4.90 Å². The summed E-state index contributed by atoms with van der Waals surface area (Å²) in [5.41, 5.74) is 9.37. The second kappa shape index (κ2) is 10.2. The summed E-state index contributed by atoms with van der Waals surface area (Å²) in [4.78, 5) is 7.11. The van der Waals surface area contributed by atoms with E-state index >= 15 is 0 Å². The van der Waals surface area contributed by atoms with Gasteiger partial charge in [0.05, 0.1) is 11.0 Å². The summed E-state index contributed by atoms with van der Waals surface area (Å²) < 4.78 is 8.71. The molecule has 2 heterocycles. The van der Waals surface area contributed by atoms with Crippen LogP contribution in [0.5, 0.6) is 0 Å². The Morgan fingerprint density at radius 2 is 1.13 bits per heavy atom. The van der Waals surface area contributed by atoms with Crippen LogP contribution in [-0.4, -0.2) is 9.55 Å². The van der Waals surface area contributed by atoms with Crippen molar-refractivity contribution in [3.8, 4) is 17.1 Å². The number of anilines is 3. The smallest absolute Gasteiger partial charge is 0.227 e. The maximum absolute atomic E-state index is 6.34. The third kappa shape index (κ3) is 4.19. The molecule has 7 aromatic carbocycles. The van der Waals surface area contributed by atoms with Gasteiger partial charge in [-0.2, -0.15) is 0 Å². The van der Waals surface area contributed by atoms with E-state index < -0.39 is 0 Å². The number of aromatic nitrogens is 2. The first-order chi connectivity index (χ1) is 22.3. The molecule has 9 aromatic rings. The van der Waals surface area contributed by atoms with Crippen LogP contribution in [0.2, 0.25) is 0 Å². The van der Waals surface area contributed by atoms with Crippen molar-refractivity contribution in [1.82, 2.24) is 9.55 Å². The van der Waals surface area contributed by atoms with Crippen molar-refractivity contribution in [1.29, 1.82) is 0 Å². The minimum Gasteiger partial charge on any atom is -0.435 e. The summed E-state index contributed by atoms with van der Waals surface area (Å²) in [5.74, 6) is 0.634. The number of rotatable bonds is 5. The van der Waals surface area contributed by atoms with E-state index in [0.717, 1.165) is 50.2 Å². The number of fused-ring (bicyclic) bond motifs is 6. The first-order valence-electron chi connectivity index (χ1n) is 15.1. The Morgan fingerprint density at radius 3 is 1.93 bits per heavy atom.